The van der Waals surface area contributed by atoms with Crippen LogP contribution >= 0.6 is 11.8 Å². The normalized spacial score (nSPS) is 23.2. The van der Waals surface area contributed by atoms with Gasteiger partial charge in [0, 0.05) is 22.9 Å². The SMILES string of the molecule is c1cc2c(cc1CCC1CCNC1)SCCN2. The molecule has 1 saturated heterocycles. The van der Waals surface area contributed by atoms with Gasteiger partial charge in [-0.15, -0.1) is 11.8 Å². The molecule has 0 aliphatic carbocycles. The van der Waals surface area contributed by atoms with Gasteiger partial charge in [-0.2, -0.15) is 0 Å². The summed E-state index contributed by atoms with van der Waals surface area (Å²) >= 11 is 1.99. The lowest BCUT2D eigenvalue weighted by Crippen LogP contribution is -2.11. The molecule has 0 aromatic heterocycles. The number of anilines is 1. The van der Waals surface area contributed by atoms with Crippen molar-refractivity contribution in [1.29, 1.82) is 0 Å². The van der Waals surface area contributed by atoms with Gasteiger partial charge in [-0.1, -0.05) is 6.07 Å². The summed E-state index contributed by atoms with van der Waals surface area (Å²) < 4.78 is 0. The van der Waals surface area contributed by atoms with E-state index in [1.165, 1.54) is 54.3 Å². The van der Waals surface area contributed by atoms with Gasteiger partial charge in [-0.25, -0.2) is 0 Å². The molecule has 17 heavy (non-hydrogen) atoms. The summed E-state index contributed by atoms with van der Waals surface area (Å²) in [7, 11) is 0. The molecule has 0 saturated carbocycles. The number of hydrogen-bond acceptors (Lipinski definition) is 3. The first-order valence-electron chi connectivity index (χ1n) is 6.62. The van der Waals surface area contributed by atoms with Gasteiger partial charge in [0.25, 0.3) is 0 Å². The molecule has 1 atom stereocenters. The first kappa shape index (κ1) is 11.4. The lowest BCUT2D eigenvalue weighted by molar-refractivity contribution is 0.532. The molecule has 1 unspecified atom stereocenters. The van der Waals surface area contributed by atoms with E-state index in [0.29, 0.717) is 0 Å². The van der Waals surface area contributed by atoms with Crippen molar-refractivity contribution < 1.29 is 0 Å². The topological polar surface area (TPSA) is 24.1 Å². The van der Waals surface area contributed by atoms with E-state index in [1.54, 1.807) is 0 Å². The summed E-state index contributed by atoms with van der Waals surface area (Å²) in [6.45, 7) is 3.54. The lowest BCUT2D eigenvalue weighted by atomic mass is 9.99. The number of rotatable bonds is 3. The van der Waals surface area contributed by atoms with Crippen molar-refractivity contribution in [2.75, 3.05) is 30.7 Å². The molecule has 2 heterocycles. The molecule has 0 bridgehead atoms. The molecule has 3 heteroatoms. The highest BCUT2D eigenvalue weighted by atomic mass is 32.2. The molecule has 2 aliphatic heterocycles. The summed E-state index contributed by atoms with van der Waals surface area (Å²) in [5, 5.41) is 6.90. The quantitative estimate of drug-likeness (QED) is 0.860. The van der Waals surface area contributed by atoms with Gasteiger partial charge < -0.3 is 10.6 Å². The van der Waals surface area contributed by atoms with Crippen LogP contribution in [-0.4, -0.2) is 25.4 Å². The third-order valence-electron chi connectivity index (χ3n) is 3.72. The molecule has 1 aromatic rings. The zero-order valence-electron chi connectivity index (χ0n) is 10.2. The van der Waals surface area contributed by atoms with E-state index in [1.807, 2.05) is 11.8 Å². The van der Waals surface area contributed by atoms with Crippen molar-refractivity contribution in [3.63, 3.8) is 0 Å². The van der Waals surface area contributed by atoms with Crippen molar-refractivity contribution in [3.05, 3.63) is 23.8 Å². The molecule has 0 amide bonds. The van der Waals surface area contributed by atoms with Crippen molar-refractivity contribution >= 4 is 17.4 Å². The van der Waals surface area contributed by atoms with E-state index in [-0.39, 0.29) is 0 Å². The summed E-state index contributed by atoms with van der Waals surface area (Å²) in [5.74, 6) is 2.10. The standard InChI is InChI=1S/C14H20N2S/c1(2-12-5-6-15-10-12)11-3-4-13-14(9-11)17-8-7-16-13/h3-4,9,12,15-16H,1-2,5-8,10H2. The highest BCUT2D eigenvalue weighted by Crippen LogP contribution is 2.32. The van der Waals surface area contributed by atoms with E-state index in [0.717, 1.165) is 12.5 Å². The Balaban J connectivity index is 1.62. The molecule has 2 N–H and O–H groups in total. The number of aryl methyl sites for hydroxylation is 1. The fraction of sp³-hybridized carbons (Fsp3) is 0.571. The van der Waals surface area contributed by atoms with Gasteiger partial charge in [0.2, 0.25) is 0 Å². The third kappa shape index (κ3) is 2.78. The number of benzene rings is 1. The fourth-order valence-electron chi connectivity index (χ4n) is 2.67. The van der Waals surface area contributed by atoms with Gasteiger partial charge in [0.1, 0.15) is 0 Å². The Morgan fingerprint density at radius 2 is 2.29 bits per heavy atom. The predicted octanol–water partition coefficient (Wildman–Crippen LogP) is 2.75. The van der Waals surface area contributed by atoms with Crippen LogP contribution in [0.2, 0.25) is 0 Å². The minimum Gasteiger partial charge on any atom is -0.383 e. The van der Waals surface area contributed by atoms with Crippen LogP contribution in [-0.2, 0) is 6.42 Å². The Morgan fingerprint density at radius 3 is 3.18 bits per heavy atom. The Kier molecular flexibility index (Phi) is 3.57. The largest absolute Gasteiger partial charge is 0.383 e. The number of hydrogen-bond donors (Lipinski definition) is 2. The summed E-state index contributed by atoms with van der Waals surface area (Å²) in [5.41, 5.74) is 2.83. The second kappa shape index (κ2) is 5.32. The molecule has 1 aromatic carbocycles. The van der Waals surface area contributed by atoms with Crippen LogP contribution in [0.5, 0.6) is 0 Å². The molecule has 2 aliphatic rings. The third-order valence-corrected chi connectivity index (χ3v) is 4.78. The van der Waals surface area contributed by atoms with Gasteiger partial charge in [0.15, 0.2) is 0 Å². The second-order valence-corrected chi connectivity index (χ2v) is 6.14. The first-order valence-corrected chi connectivity index (χ1v) is 7.61. The zero-order valence-corrected chi connectivity index (χ0v) is 11.0. The Bertz CT molecular complexity index is 386. The van der Waals surface area contributed by atoms with Gasteiger partial charge >= 0.3 is 0 Å². The Hall–Kier alpha value is -0.670. The number of fused-ring (bicyclic) bond motifs is 1. The van der Waals surface area contributed by atoms with Crippen LogP contribution in [0.1, 0.15) is 18.4 Å². The van der Waals surface area contributed by atoms with Crippen LogP contribution in [0, 0.1) is 5.92 Å². The van der Waals surface area contributed by atoms with Gasteiger partial charge in [0.05, 0.1) is 0 Å². The second-order valence-electron chi connectivity index (χ2n) is 5.00. The number of thioether (sulfide) groups is 1. The first-order chi connectivity index (χ1) is 8.42. The predicted molar refractivity (Wildman–Crippen MR) is 75.0 cm³/mol. The molecule has 92 valence electrons. The molecular weight excluding hydrogens is 228 g/mol. The van der Waals surface area contributed by atoms with E-state index in [4.69, 9.17) is 0 Å². The summed E-state index contributed by atoms with van der Waals surface area (Å²) in [4.78, 5) is 1.44. The maximum Gasteiger partial charge on any atom is 0.0478 e. The monoisotopic (exact) mass is 248 g/mol. The molecule has 0 spiro atoms. The van der Waals surface area contributed by atoms with Crippen LogP contribution in [0.3, 0.4) is 0 Å². The average molecular weight is 248 g/mol. The highest BCUT2D eigenvalue weighted by Gasteiger charge is 2.15. The lowest BCUT2D eigenvalue weighted by Gasteiger charge is -2.18. The van der Waals surface area contributed by atoms with Crippen LogP contribution in [0.25, 0.3) is 0 Å². The maximum atomic E-state index is 3.46. The average Bonchev–Trinajstić information content (AvgIpc) is 2.89. The number of nitrogens with one attached hydrogen (secondary N) is 2. The van der Waals surface area contributed by atoms with Gasteiger partial charge in [-0.05, 0) is 56.0 Å². The van der Waals surface area contributed by atoms with E-state index in [9.17, 15) is 0 Å². The van der Waals surface area contributed by atoms with Crippen LogP contribution < -0.4 is 10.6 Å². The zero-order chi connectivity index (χ0) is 11.5. The summed E-state index contributed by atoms with van der Waals surface area (Å²) in [6, 6.07) is 6.93. The molecule has 0 radical (unpaired) electrons. The van der Waals surface area contributed by atoms with E-state index in [2.05, 4.69) is 28.8 Å². The van der Waals surface area contributed by atoms with E-state index >= 15 is 0 Å². The molecular formula is C14H20N2S. The van der Waals surface area contributed by atoms with Gasteiger partial charge in [-0.3, -0.25) is 0 Å². The van der Waals surface area contributed by atoms with Crippen LogP contribution in [0.4, 0.5) is 5.69 Å². The van der Waals surface area contributed by atoms with E-state index < -0.39 is 0 Å². The summed E-state index contributed by atoms with van der Waals surface area (Å²) in [6.07, 6.45) is 3.94. The van der Waals surface area contributed by atoms with Crippen molar-refractivity contribution in [2.24, 2.45) is 5.92 Å². The molecule has 2 nitrogen and oxygen atoms in total. The Labute approximate surface area is 108 Å². The van der Waals surface area contributed by atoms with Crippen molar-refractivity contribution in [2.45, 2.75) is 24.2 Å². The maximum absolute atomic E-state index is 3.46. The Morgan fingerprint density at radius 1 is 1.29 bits per heavy atom. The molecule has 3 rings (SSSR count). The minimum absolute atomic E-state index is 0.900. The smallest absolute Gasteiger partial charge is 0.0478 e. The van der Waals surface area contributed by atoms with Crippen molar-refractivity contribution in [3.8, 4) is 0 Å². The fourth-order valence-corrected chi connectivity index (χ4v) is 3.62. The van der Waals surface area contributed by atoms with Crippen molar-refractivity contribution in [1.82, 2.24) is 5.32 Å². The highest BCUT2D eigenvalue weighted by molar-refractivity contribution is 7.99. The van der Waals surface area contributed by atoms with Crippen LogP contribution in [0.15, 0.2) is 23.1 Å². The molecule has 1 fully saturated rings. The minimum atomic E-state index is 0.900.